The summed E-state index contributed by atoms with van der Waals surface area (Å²) in [5, 5.41) is 4.93. The van der Waals surface area contributed by atoms with Gasteiger partial charge in [0.2, 0.25) is 0 Å². The van der Waals surface area contributed by atoms with Crippen molar-refractivity contribution in [2.24, 2.45) is 5.73 Å². The van der Waals surface area contributed by atoms with Gasteiger partial charge < -0.3 is 10.6 Å². The third-order valence-electron chi connectivity index (χ3n) is 2.29. The van der Waals surface area contributed by atoms with Crippen molar-refractivity contribution in [2.45, 2.75) is 12.6 Å². The average Bonchev–Trinajstić information content (AvgIpc) is 2.57. The van der Waals surface area contributed by atoms with Crippen LogP contribution in [-0.4, -0.2) is 47.3 Å². The molecular weight excluding hydrogens is 244 g/mol. The minimum Gasteiger partial charge on any atom is -0.322 e. The Morgan fingerprint density at radius 1 is 1.62 bits per heavy atom. The topological polar surface area (TPSA) is 47.1 Å². The normalized spacial score (nSPS) is 13.4. The van der Waals surface area contributed by atoms with Gasteiger partial charge in [0.25, 0.3) is 0 Å². The first-order valence-electron chi connectivity index (χ1n) is 5.16. The van der Waals surface area contributed by atoms with Crippen LogP contribution in [0, 0.1) is 0 Å². The van der Waals surface area contributed by atoms with Crippen molar-refractivity contribution in [1.29, 1.82) is 0 Å². The van der Waals surface area contributed by atoms with Gasteiger partial charge in [-0.1, -0.05) is 11.6 Å². The molecule has 1 heterocycles. The smallest absolute Gasteiger partial charge is 0.0834 e. The Morgan fingerprint density at radius 2 is 2.31 bits per heavy atom. The molecule has 1 aromatic rings. The number of nitrogens with zero attached hydrogens (tertiary/aromatic N) is 3. The zero-order chi connectivity index (χ0) is 12.1. The highest BCUT2D eigenvalue weighted by atomic mass is 35.5. The molecule has 2 N–H and O–H groups in total. The van der Waals surface area contributed by atoms with Gasteiger partial charge in [-0.25, -0.2) is 0 Å². The quantitative estimate of drug-likeness (QED) is 0.843. The van der Waals surface area contributed by atoms with Crippen LogP contribution < -0.4 is 5.73 Å². The van der Waals surface area contributed by atoms with Gasteiger partial charge in [-0.3, -0.25) is 4.68 Å². The summed E-state index contributed by atoms with van der Waals surface area (Å²) in [6.45, 7) is 1.74. The second-order valence-electron chi connectivity index (χ2n) is 3.97. The van der Waals surface area contributed by atoms with Gasteiger partial charge in [-0.2, -0.15) is 16.9 Å². The van der Waals surface area contributed by atoms with Crippen molar-refractivity contribution in [3.8, 4) is 0 Å². The van der Waals surface area contributed by atoms with E-state index in [-0.39, 0.29) is 6.04 Å². The molecule has 0 amide bonds. The van der Waals surface area contributed by atoms with E-state index in [4.69, 9.17) is 17.3 Å². The van der Waals surface area contributed by atoms with Gasteiger partial charge in [-0.15, -0.1) is 0 Å². The molecule has 1 rings (SSSR count). The molecule has 0 saturated heterocycles. The summed E-state index contributed by atoms with van der Waals surface area (Å²) in [6, 6.07) is -0.0489. The standard InChI is InChI=1S/C10H19ClN4S/c1-14(2)4-5-15-10(8(11)6-13-15)9(12)7-16-3/h6,9H,4-5,7,12H2,1-3H3. The predicted molar refractivity (Wildman–Crippen MR) is 71.1 cm³/mol. The van der Waals surface area contributed by atoms with E-state index < -0.39 is 0 Å². The second kappa shape index (κ2) is 6.49. The molecule has 1 unspecified atom stereocenters. The molecule has 0 spiro atoms. The fourth-order valence-electron chi connectivity index (χ4n) is 1.47. The van der Waals surface area contributed by atoms with Crippen LogP contribution in [0.5, 0.6) is 0 Å². The number of hydrogen-bond acceptors (Lipinski definition) is 4. The van der Waals surface area contributed by atoms with E-state index in [1.165, 1.54) is 0 Å². The van der Waals surface area contributed by atoms with Crippen molar-refractivity contribution in [3.63, 3.8) is 0 Å². The maximum atomic E-state index is 6.10. The highest BCUT2D eigenvalue weighted by molar-refractivity contribution is 7.98. The lowest BCUT2D eigenvalue weighted by Gasteiger charge is -2.16. The summed E-state index contributed by atoms with van der Waals surface area (Å²) in [5.74, 6) is 0.855. The molecule has 0 aliphatic rings. The summed E-state index contributed by atoms with van der Waals surface area (Å²) in [5.41, 5.74) is 7.02. The molecule has 92 valence electrons. The Balaban J connectivity index is 2.76. The number of thioether (sulfide) groups is 1. The molecule has 0 saturated carbocycles. The van der Waals surface area contributed by atoms with Gasteiger partial charge in [0.1, 0.15) is 0 Å². The molecule has 16 heavy (non-hydrogen) atoms. The van der Waals surface area contributed by atoms with Gasteiger partial charge in [0, 0.05) is 12.3 Å². The number of nitrogens with two attached hydrogens (primary N) is 1. The molecule has 1 atom stereocenters. The van der Waals surface area contributed by atoms with Gasteiger partial charge in [0.05, 0.1) is 29.5 Å². The van der Waals surface area contributed by atoms with Gasteiger partial charge in [0.15, 0.2) is 0 Å². The summed E-state index contributed by atoms with van der Waals surface area (Å²) in [4.78, 5) is 2.11. The lowest BCUT2D eigenvalue weighted by molar-refractivity contribution is 0.367. The summed E-state index contributed by atoms with van der Waals surface area (Å²) < 4.78 is 1.91. The first-order chi connectivity index (χ1) is 7.56. The van der Waals surface area contributed by atoms with Crippen LogP contribution in [0.2, 0.25) is 5.02 Å². The lowest BCUT2D eigenvalue weighted by atomic mass is 10.2. The third kappa shape index (κ3) is 3.66. The molecule has 0 bridgehead atoms. The average molecular weight is 263 g/mol. The third-order valence-corrected chi connectivity index (χ3v) is 3.27. The van der Waals surface area contributed by atoms with Gasteiger partial charge >= 0.3 is 0 Å². The maximum Gasteiger partial charge on any atom is 0.0834 e. The lowest BCUT2D eigenvalue weighted by Crippen LogP contribution is -2.24. The first-order valence-corrected chi connectivity index (χ1v) is 6.94. The zero-order valence-electron chi connectivity index (χ0n) is 9.98. The van der Waals surface area contributed by atoms with Gasteiger partial charge in [-0.05, 0) is 20.4 Å². The van der Waals surface area contributed by atoms with E-state index in [1.807, 2.05) is 25.0 Å². The maximum absolute atomic E-state index is 6.10. The molecule has 1 aromatic heterocycles. The SMILES string of the molecule is CSCC(N)c1c(Cl)cnn1CCN(C)C. The van der Waals surface area contributed by atoms with E-state index in [9.17, 15) is 0 Å². The number of rotatable bonds is 6. The van der Waals surface area contributed by atoms with Crippen LogP contribution in [0.4, 0.5) is 0 Å². The van der Waals surface area contributed by atoms with Crippen molar-refractivity contribution in [1.82, 2.24) is 14.7 Å². The molecule has 6 heteroatoms. The zero-order valence-corrected chi connectivity index (χ0v) is 11.6. The van der Waals surface area contributed by atoms with Crippen LogP contribution >= 0.6 is 23.4 Å². The van der Waals surface area contributed by atoms with Crippen molar-refractivity contribution in [3.05, 3.63) is 16.9 Å². The number of likely N-dealkylation sites (N-methyl/N-ethyl adjacent to an activating group) is 1. The minimum atomic E-state index is -0.0489. The monoisotopic (exact) mass is 262 g/mol. The largest absolute Gasteiger partial charge is 0.322 e. The van der Waals surface area contributed by atoms with E-state index in [0.29, 0.717) is 5.02 Å². The van der Waals surface area contributed by atoms with E-state index >= 15 is 0 Å². The molecule has 0 aromatic carbocycles. The molecular formula is C10H19ClN4S. The fourth-order valence-corrected chi connectivity index (χ4v) is 2.27. The van der Waals surface area contributed by atoms with Crippen LogP contribution in [0.25, 0.3) is 0 Å². The molecule has 0 fully saturated rings. The summed E-state index contributed by atoms with van der Waals surface area (Å²) in [7, 11) is 4.07. The second-order valence-corrected chi connectivity index (χ2v) is 5.28. The van der Waals surface area contributed by atoms with E-state index in [0.717, 1.165) is 24.5 Å². The molecule has 0 aliphatic carbocycles. The summed E-state index contributed by atoms with van der Waals surface area (Å²) >= 11 is 7.82. The Hall–Kier alpha value is -0.230. The van der Waals surface area contributed by atoms with Crippen LogP contribution in [0.15, 0.2) is 6.20 Å². The first kappa shape index (κ1) is 13.8. The van der Waals surface area contributed by atoms with Crippen LogP contribution in [0.3, 0.4) is 0 Å². The Bertz CT molecular complexity index is 327. The Morgan fingerprint density at radius 3 is 2.88 bits per heavy atom. The Kier molecular flexibility index (Phi) is 5.61. The highest BCUT2D eigenvalue weighted by Crippen LogP contribution is 2.23. The van der Waals surface area contributed by atoms with Crippen molar-refractivity contribution >= 4 is 23.4 Å². The number of aromatic nitrogens is 2. The molecule has 4 nitrogen and oxygen atoms in total. The van der Waals surface area contributed by atoms with Crippen molar-refractivity contribution in [2.75, 3.05) is 32.6 Å². The van der Waals surface area contributed by atoms with Crippen molar-refractivity contribution < 1.29 is 0 Å². The summed E-state index contributed by atoms with van der Waals surface area (Å²) in [6.07, 6.45) is 3.71. The molecule has 0 radical (unpaired) electrons. The number of halogens is 1. The fraction of sp³-hybridized carbons (Fsp3) is 0.700. The van der Waals surface area contributed by atoms with Crippen LogP contribution in [-0.2, 0) is 6.54 Å². The highest BCUT2D eigenvalue weighted by Gasteiger charge is 2.16. The predicted octanol–water partition coefficient (Wildman–Crippen LogP) is 1.46. The minimum absolute atomic E-state index is 0.0489. The number of hydrogen-bond donors (Lipinski definition) is 1. The van der Waals surface area contributed by atoms with E-state index in [2.05, 4.69) is 10.00 Å². The Labute approximate surface area is 106 Å². The molecule has 0 aliphatic heterocycles. The van der Waals surface area contributed by atoms with E-state index in [1.54, 1.807) is 18.0 Å². The van der Waals surface area contributed by atoms with Crippen LogP contribution in [0.1, 0.15) is 11.7 Å².